The van der Waals surface area contributed by atoms with E-state index in [2.05, 4.69) is 103 Å². The summed E-state index contributed by atoms with van der Waals surface area (Å²) in [4.78, 5) is 15.0. The third-order valence-corrected chi connectivity index (χ3v) is 9.74. The van der Waals surface area contributed by atoms with Crippen molar-refractivity contribution in [2.75, 3.05) is 0 Å². The van der Waals surface area contributed by atoms with E-state index in [9.17, 15) is 0 Å². The topological polar surface area (TPSA) is 51.8 Å². The molecule has 4 heteroatoms. The van der Waals surface area contributed by atoms with Gasteiger partial charge in [-0.3, -0.25) is 0 Å². The first-order valence-electron chi connectivity index (χ1n) is 17.1. The molecule has 51 heavy (non-hydrogen) atoms. The number of para-hydroxylation sites is 1. The van der Waals surface area contributed by atoms with Crippen LogP contribution in [0.25, 0.3) is 99.9 Å². The van der Waals surface area contributed by atoms with Crippen LogP contribution in [0.1, 0.15) is 0 Å². The first-order chi connectivity index (χ1) is 25.3. The van der Waals surface area contributed by atoms with Crippen molar-refractivity contribution in [2.45, 2.75) is 0 Å². The van der Waals surface area contributed by atoms with Crippen LogP contribution in [0, 0.1) is 0 Å². The molecule has 0 saturated heterocycles. The Labute approximate surface area is 294 Å². The second kappa shape index (κ2) is 11.9. The van der Waals surface area contributed by atoms with Gasteiger partial charge in [-0.2, -0.15) is 0 Å². The maximum Gasteiger partial charge on any atom is 0.167 e. The predicted molar refractivity (Wildman–Crippen MR) is 209 cm³/mol. The summed E-state index contributed by atoms with van der Waals surface area (Å²) in [5.41, 5.74) is 8.85. The van der Waals surface area contributed by atoms with E-state index >= 15 is 0 Å². The Kier molecular flexibility index (Phi) is 6.78. The van der Waals surface area contributed by atoms with Gasteiger partial charge in [0.05, 0.1) is 5.56 Å². The van der Waals surface area contributed by atoms with Crippen LogP contribution in [0.3, 0.4) is 0 Å². The highest BCUT2D eigenvalue weighted by molar-refractivity contribution is 6.16. The molecule has 0 N–H and O–H groups in total. The molecule has 0 aliphatic rings. The third-order valence-electron chi connectivity index (χ3n) is 9.74. The fourth-order valence-corrected chi connectivity index (χ4v) is 7.30. The Morgan fingerprint density at radius 1 is 0.333 bits per heavy atom. The van der Waals surface area contributed by atoms with Gasteiger partial charge in [0, 0.05) is 21.9 Å². The summed E-state index contributed by atoms with van der Waals surface area (Å²) in [6, 6.07) is 61.1. The molecule has 0 atom stereocenters. The quantitative estimate of drug-likeness (QED) is 0.174. The zero-order chi connectivity index (χ0) is 33.7. The van der Waals surface area contributed by atoms with Crippen LogP contribution in [0.5, 0.6) is 0 Å². The molecule has 0 spiro atoms. The van der Waals surface area contributed by atoms with Gasteiger partial charge < -0.3 is 4.42 Å². The fraction of sp³-hybridized carbons (Fsp3) is 0. The smallest absolute Gasteiger partial charge is 0.167 e. The van der Waals surface area contributed by atoms with Crippen molar-refractivity contribution in [1.29, 1.82) is 0 Å². The van der Waals surface area contributed by atoms with E-state index in [-0.39, 0.29) is 0 Å². The highest BCUT2D eigenvalue weighted by Crippen LogP contribution is 2.42. The molecule has 2 aromatic heterocycles. The molecule has 0 amide bonds. The van der Waals surface area contributed by atoms with E-state index in [0.717, 1.165) is 49.8 Å². The monoisotopic (exact) mass is 651 g/mol. The summed E-state index contributed by atoms with van der Waals surface area (Å²) < 4.78 is 6.67. The Hall–Kier alpha value is -6.91. The Morgan fingerprint density at radius 3 is 1.53 bits per heavy atom. The summed E-state index contributed by atoms with van der Waals surface area (Å²) in [6.07, 6.45) is 0. The second-order valence-electron chi connectivity index (χ2n) is 12.8. The number of fused-ring (bicyclic) bond motifs is 6. The van der Waals surface area contributed by atoms with Gasteiger partial charge in [-0.25, -0.2) is 15.0 Å². The summed E-state index contributed by atoms with van der Waals surface area (Å²) in [5, 5.41) is 7.11. The van der Waals surface area contributed by atoms with E-state index in [1.165, 1.54) is 32.7 Å². The second-order valence-corrected chi connectivity index (χ2v) is 12.8. The van der Waals surface area contributed by atoms with Gasteiger partial charge in [-0.1, -0.05) is 158 Å². The summed E-state index contributed by atoms with van der Waals surface area (Å²) in [7, 11) is 0. The lowest BCUT2D eigenvalue weighted by Gasteiger charge is -2.13. The first kappa shape index (κ1) is 29.0. The molecule has 8 aromatic carbocycles. The predicted octanol–water partition coefficient (Wildman–Crippen LogP) is 12.4. The number of hydrogen-bond acceptors (Lipinski definition) is 4. The lowest BCUT2D eigenvalue weighted by atomic mass is 9.91. The molecule has 0 aliphatic carbocycles. The molecule has 0 aliphatic heterocycles. The minimum Gasteiger partial charge on any atom is -0.455 e. The van der Waals surface area contributed by atoms with Crippen LogP contribution in [0.15, 0.2) is 180 Å². The molecule has 0 bridgehead atoms. The van der Waals surface area contributed by atoms with Crippen molar-refractivity contribution < 1.29 is 4.42 Å². The highest BCUT2D eigenvalue weighted by atomic mass is 16.3. The lowest BCUT2D eigenvalue weighted by Crippen LogP contribution is -2.00. The summed E-state index contributed by atoms with van der Waals surface area (Å²) in [6.45, 7) is 0. The van der Waals surface area contributed by atoms with Crippen molar-refractivity contribution in [1.82, 2.24) is 15.0 Å². The normalized spacial score (nSPS) is 11.5. The van der Waals surface area contributed by atoms with Crippen LogP contribution in [0.2, 0.25) is 0 Å². The molecule has 0 saturated carbocycles. The maximum atomic E-state index is 6.67. The molecule has 4 nitrogen and oxygen atoms in total. The third kappa shape index (κ3) is 4.96. The molecule has 0 fully saturated rings. The van der Waals surface area contributed by atoms with Gasteiger partial charge in [0.25, 0.3) is 0 Å². The number of furan rings is 1. The number of benzene rings is 8. The molecule has 0 unspecified atom stereocenters. The maximum absolute atomic E-state index is 6.67. The summed E-state index contributed by atoms with van der Waals surface area (Å²) >= 11 is 0. The van der Waals surface area contributed by atoms with Crippen molar-refractivity contribution in [3.8, 4) is 56.4 Å². The van der Waals surface area contributed by atoms with Crippen molar-refractivity contribution in [3.05, 3.63) is 176 Å². The Balaban J connectivity index is 1.15. The van der Waals surface area contributed by atoms with E-state index in [4.69, 9.17) is 19.4 Å². The van der Waals surface area contributed by atoms with E-state index < -0.39 is 0 Å². The Morgan fingerprint density at radius 2 is 0.843 bits per heavy atom. The largest absolute Gasteiger partial charge is 0.455 e. The van der Waals surface area contributed by atoms with Crippen LogP contribution < -0.4 is 0 Å². The first-order valence-corrected chi connectivity index (χ1v) is 17.1. The number of hydrogen-bond donors (Lipinski definition) is 0. The molecule has 10 aromatic rings. The molecule has 2 heterocycles. The zero-order valence-corrected chi connectivity index (χ0v) is 27.5. The van der Waals surface area contributed by atoms with Crippen molar-refractivity contribution in [3.63, 3.8) is 0 Å². The Bertz CT molecular complexity index is 2840. The molecule has 10 rings (SSSR count). The number of aromatic nitrogens is 3. The van der Waals surface area contributed by atoms with Crippen LogP contribution >= 0.6 is 0 Å². The van der Waals surface area contributed by atoms with Gasteiger partial charge >= 0.3 is 0 Å². The lowest BCUT2D eigenvalue weighted by molar-refractivity contribution is 0.669. The SMILES string of the molecule is c1ccc(-c2nc(-c3ccccc3)nc(-c3ccc(-c4ccc(-c5cc6ccccc6c6ccccc56)cc4)c4c3oc3ccccc34)n2)cc1. The molecular weight excluding hydrogens is 623 g/mol. The minimum atomic E-state index is 0.567. The number of rotatable bonds is 5. The van der Waals surface area contributed by atoms with Gasteiger partial charge in [0.15, 0.2) is 17.5 Å². The van der Waals surface area contributed by atoms with E-state index in [1.807, 2.05) is 72.8 Å². The number of nitrogens with zero attached hydrogens (tertiary/aromatic N) is 3. The average molecular weight is 652 g/mol. The van der Waals surface area contributed by atoms with Crippen LogP contribution in [-0.2, 0) is 0 Å². The summed E-state index contributed by atoms with van der Waals surface area (Å²) in [5.74, 6) is 1.80. The van der Waals surface area contributed by atoms with Crippen LogP contribution in [-0.4, -0.2) is 15.0 Å². The minimum absolute atomic E-state index is 0.567. The van der Waals surface area contributed by atoms with Crippen molar-refractivity contribution in [2.24, 2.45) is 0 Å². The van der Waals surface area contributed by atoms with E-state index in [0.29, 0.717) is 17.5 Å². The van der Waals surface area contributed by atoms with Gasteiger partial charge in [0.1, 0.15) is 11.2 Å². The molecule has 0 radical (unpaired) electrons. The van der Waals surface area contributed by atoms with Gasteiger partial charge in [0.2, 0.25) is 0 Å². The zero-order valence-electron chi connectivity index (χ0n) is 27.5. The van der Waals surface area contributed by atoms with E-state index in [1.54, 1.807) is 0 Å². The van der Waals surface area contributed by atoms with Gasteiger partial charge in [-0.15, -0.1) is 0 Å². The molecular formula is C47H29N3O. The van der Waals surface area contributed by atoms with Gasteiger partial charge in [-0.05, 0) is 62.0 Å². The highest BCUT2D eigenvalue weighted by Gasteiger charge is 2.21. The van der Waals surface area contributed by atoms with Crippen LogP contribution in [0.4, 0.5) is 0 Å². The fourth-order valence-electron chi connectivity index (χ4n) is 7.30. The van der Waals surface area contributed by atoms with Crippen molar-refractivity contribution >= 4 is 43.5 Å². The molecule has 238 valence electrons. The standard InChI is InChI=1S/C47H29N3O/c1-3-13-32(14-4-1)45-48-46(33-15-5-2-6-16-33)50-47(49-45)40-28-27-36(43-39-21-11-12-22-42(39)51-44(40)43)30-23-25-31(26-24-30)41-29-34-17-7-8-18-35(34)37-19-9-10-20-38(37)41/h1-29H. The average Bonchev–Trinajstić information content (AvgIpc) is 3.61.